The summed E-state index contributed by atoms with van der Waals surface area (Å²) in [5, 5.41) is 0. The lowest BCUT2D eigenvalue weighted by molar-refractivity contribution is 0.0985. The molecule has 0 saturated carbocycles. The molecule has 0 saturated heterocycles. The summed E-state index contributed by atoms with van der Waals surface area (Å²) in [6, 6.07) is 1.41. The highest BCUT2D eigenvalue weighted by Crippen LogP contribution is 2.09. The monoisotopic (exact) mass is 199 g/mol. The fourth-order valence-corrected chi connectivity index (χ4v) is 1.32. The van der Waals surface area contributed by atoms with Gasteiger partial charge in [-0.25, -0.2) is 4.39 Å². The Morgan fingerprint density at radius 1 is 1.69 bits per heavy atom. The number of Topliss-reactive ketones (excluding diaryl/α,β-unsaturated/α-hetero) is 1. The number of nitrogens with zero attached hydrogens (tertiary/aromatic N) is 1. The van der Waals surface area contributed by atoms with E-state index in [9.17, 15) is 9.18 Å². The highest BCUT2D eigenvalue weighted by atomic mass is 32.2. The van der Waals surface area contributed by atoms with Crippen molar-refractivity contribution >= 4 is 17.5 Å². The first-order valence-corrected chi connectivity index (χ1v) is 5.26. The van der Waals surface area contributed by atoms with Crippen LogP contribution in [-0.4, -0.2) is 22.8 Å². The molecule has 0 radical (unpaired) electrons. The van der Waals surface area contributed by atoms with E-state index in [0.717, 1.165) is 11.9 Å². The molecule has 1 aromatic heterocycles. The van der Waals surface area contributed by atoms with Crippen molar-refractivity contribution in [3.63, 3.8) is 0 Å². The maximum absolute atomic E-state index is 13.0. The van der Waals surface area contributed by atoms with Crippen molar-refractivity contribution in [1.82, 2.24) is 4.98 Å². The van der Waals surface area contributed by atoms with Crippen LogP contribution in [0.1, 0.15) is 16.8 Å². The van der Waals surface area contributed by atoms with Crippen LogP contribution in [0.15, 0.2) is 18.5 Å². The van der Waals surface area contributed by atoms with Gasteiger partial charge in [-0.15, -0.1) is 0 Å². The van der Waals surface area contributed by atoms with Gasteiger partial charge in [-0.1, -0.05) is 0 Å². The highest BCUT2D eigenvalue weighted by Gasteiger charge is 2.09. The summed E-state index contributed by atoms with van der Waals surface area (Å²) < 4.78 is 13.0. The number of carbonyl (C=O) groups is 1. The molecule has 4 heteroatoms. The number of carbonyl (C=O) groups excluding carboxylic acids is 1. The van der Waals surface area contributed by atoms with Gasteiger partial charge >= 0.3 is 0 Å². The first-order chi connectivity index (χ1) is 6.25. The second kappa shape index (κ2) is 4.97. The Morgan fingerprint density at radius 3 is 3.08 bits per heavy atom. The minimum Gasteiger partial charge on any atom is -0.294 e. The number of hydrogen-bond acceptors (Lipinski definition) is 3. The SMILES string of the molecule is CSCCC(=O)c1ccncc1F. The molecule has 0 aromatic carbocycles. The molecular formula is C9H10FNOS. The molecule has 0 unspecified atom stereocenters. The van der Waals surface area contributed by atoms with E-state index in [1.807, 2.05) is 6.26 Å². The lowest BCUT2D eigenvalue weighted by Gasteiger charge is -1.99. The summed E-state index contributed by atoms with van der Waals surface area (Å²) in [7, 11) is 0. The van der Waals surface area contributed by atoms with Crippen LogP contribution >= 0.6 is 11.8 Å². The molecule has 0 aliphatic heterocycles. The molecule has 0 atom stereocenters. The van der Waals surface area contributed by atoms with Gasteiger partial charge in [0.25, 0.3) is 0 Å². The molecule has 0 bridgehead atoms. The summed E-state index contributed by atoms with van der Waals surface area (Å²) in [5.41, 5.74) is 0.143. The zero-order valence-corrected chi connectivity index (χ0v) is 8.10. The quantitative estimate of drug-likeness (QED) is 0.696. The molecule has 0 aliphatic rings. The number of rotatable bonds is 4. The van der Waals surface area contributed by atoms with E-state index in [1.54, 1.807) is 11.8 Å². The predicted molar refractivity (Wildman–Crippen MR) is 51.5 cm³/mol. The summed E-state index contributed by atoms with van der Waals surface area (Å²) in [6.07, 6.45) is 4.78. The Balaban J connectivity index is 2.71. The van der Waals surface area contributed by atoms with Gasteiger partial charge in [0.15, 0.2) is 11.6 Å². The van der Waals surface area contributed by atoms with Gasteiger partial charge in [0.1, 0.15) is 0 Å². The molecule has 1 aromatic rings. The van der Waals surface area contributed by atoms with Crippen LogP contribution in [0.3, 0.4) is 0 Å². The van der Waals surface area contributed by atoms with Crippen LogP contribution in [0.4, 0.5) is 4.39 Å². The Hall–Kier alpha value is -0.900. The van der Waals surface area contributed by atoms with Gasteiger partial charge in [0.05, 0.1) is 11.8 Å². The van der Waals surface area contributed by atoms with E-state index in [2.05, 4.69) is 4.98 Å². The van der Waals surface area contributed by atoms with E-state index in [4.69, 9.17) is 0 Å². The number of ketones is 1. The van der Waals surface area contributed by atoms with Crippen molar-refractivity contribution in [3.05, 3.63) is 29.8 Å². The third-order valence-corrected chi connectivity index (χ3v) is 2.22. The molecule has 0 aliphatic carbocycles. The smallest absolute Gasteiger partial charge is 0.166 e. The average Bonchev–Trinajstić information content (AvgIpc) is 2.15. The fraction of sp³-hybridized carbons (Fsp3) is 0.333. The number of halogens is 1. The molecule has 0 N–H and O–H groups in total. The topological polar surface area (TPSA) is 30.0 Å². The minimum absolute atomic E-state index is 0.143. The molecule has 2 nitrogen and oxygen atoms in total. The van der Waals surface area contributed by atoms with Crippen molar-refractivity contribution in [1.29, 1.82) is 0 Å². The van der Waals surface area contributed by atoms with Crippen molar-refractivity contribution in [3.8, 4) is 0 Å². The Kier molecular flexibility index (Phi) is 3.89. The van der Waals surface area contributed by atoms with Crippen LogP contribution in [0.5, 0.6) is 0 Å². The van der Waals surface area contributed by atoms with Gasteiger partial charge in [-0.05, 0) is 12.3 Å². The first-order valence-electron chi connectivity index (χ1n) is 3.87. The van der Waals surface area contributed by atoms with E-state index < -0.39 is 5.82 Å². The van der Waals surface area contributed by atoms with Gasteiger partial charge in [0.2, 0.25) is 0 Å². The molecule has 0 amide bonds. The molecule has 1 rings (SSSR count). The largest absolute Gasteiger partial charge is 0.294 e. The Labute approximate surface area is 80.6 Å². The summed E-state index contributed by atoms with van der Waals surface area (Å²) in [5.74, 6) is 0.0310. The highest BCUT2D eigenvalue weighted by molar-refractivity contribution is 7.98. The minimum atomic E-state index is -0.534. The number of hydrogen-bond donors (Lipinski definition) is 0. The van der Waals surface area contributed by atoms with Crippen LogP contribution in [0.25, 0.3) is 0 Å². The maximum atomic E-state index is 13.0. The molecule has 70 valence electrons. The predicted octanol–water partition coefficient (Wildman–Crippen LogP) is 2.16. The van der Waals surface area contributed by atoms with Crippen molar-refractivity contribution in [2.24, 2.45) is 0 Å². The third-order valence-electron chi connectivity index (χ3n) is 1.61. The van der Waals surface area contributed by atoms with Gasteiger partial charge < -0.3 is 0 Å². The van der Waals surface area contributed by atoms with Crippen LogP contribution < -0.4 is 0 Å². The third kappa shape index (κ3) is 2.81. The van der Waals surface area contributed by atoms with E-state index in [0.29, 0.717) is 6.42 Å². The van der Waals surface area contributed by atoms with Gasteiger partial charge in [0, 0.05) is 18.4 Å². The van der Waals surface area contributed by atoms with Gasteiger partial charge in [-0.3, -0.25) is 9.78 Å². The molecule has 13 heavy (non-hydrogen) atoms. The van der Waals surface area contributed by atoms with Crippen LogP contribution in [0.2, 0.25) is 0 Å². The molecule has 1 heterocycles. The normalized spacial score (nSPS) is 10.0. The summed E-state index contributed by atoms with van der Waals surface area (Å²) in [6.45, 7) is 0. The first kappa shape index (κ1) is 10.2. The van der Waals surface area contributed by atoms with Gasteiger partial charge in [-0.2, -0.15) is 11.8 Å². The van der Waals surface area contributed by atoms with Crippen molar-refractivity contribution in [2.45, 2.75) is 6.42 Å². The second-order valence-corrected chi connectivity index (χ2v) is 3.51. The fourth-order valence-electron chi connectivity index (χ4n) is 0.931. The number of thioether (sulfide) groups is 1. The molecular weight excluding hydrogens is 189 g/mol. The summed E-state index contributed by atoms with van der Waals surface area (Å²) in [4.78, 5) is 14.9. The molecule has 0 spiro atoms. The number of aromatic nitrogens is 1. The number of pyridine rings is 1. The van der Waals surface area contributed by atoms with Crippen molar-refractivity contribution in [2.75, 3.05) is 12.0 Å². The van der Waals surface area contributed by atoms with E-state index in [-0.39, 0.29) is 11.3 Å². The Bertz CT molecular complexity index is 303. The van der Waals surface area contributed by atoms with E-state index in [1.165, 1.54) is 12.3 Å². The van der Waals surface area contributed by atoms with Crippen LogP contribution in [-0.2, 0) is 0 Å². The molecule has 0 fully saturated rings. The maximum Gasteiger partial charge on any atom is 0.166 e. The van der Waals surface area contributed by atoms with E-state index >= 15 is 0 Å². The Morgan fingerprint density at radius 2 is 2.46 bits per heavy atom. The lowest BCUT2D eigenvalue weighted by atomic mass is 10.1. The average molecular weight is 199 g/mol. The van der Waals surface area contributed by atoms with Crippen molar-refractivity contribution < 1.29 is 9.18 Å². The second-order valence-electron chi connectivity index (χ2n) is 2.52. The lowest BCUT2D eigenvalue weighted by Crippen LogP contribution is -2.03. The zero-order valence-electron chi connectivity index (χ0n) is 7.29. The van der Waals surface area contributed by atoms with Crippen LogP contribution in [0, 0.1) is 5.82 Å². The summed E-state index contributed by atoms with van der Waals surface area (Å²) >= 11 is 1.57. The zero-order chi connectivity index (χ0) is 9.68. The standard InChI is InChI=1S/C9H10FNOS/c1-13-5-3-9(12)7-2-4-11-6-8(7)10/h2,4,6H,3,5H2,1H3.